The van der Waals surface area contributed by atoms with Gasteiger partial charge in [0, 0.05) is 11.3 Å². The van der Waals surface area contributed by atoms with Gasteiger partial charge >= 0.3 is 0 Å². The molecule has 1 aromatic rings. The maximum atomic E-state index is 8.57. The standard InChI is InChI=1S/C13H10N4/c1-9-13-3-2-10(4-11(13)8-16-9)7-17-12(5-14)6-15/h2-4H,7-8H2,1H3. The number of hydrogen-bond acceptors (Lipinski definition) is 4. The van der Waals surface area contributed by atoms with Crippen molar-refractivity contribution < 1.29 is 0 Å². The van der Waals surface area contributed by atoms with Crippen LogP contribution in [0.5, 0.6) is 0 Å². The van der Waals surface area contributed by atoms with E-state index in [1.165, 1.54) is 11.1 Å². The average molecular weight is 222 g/mol. The van der Waals surface area contributed by atoms with Crippen molar-refractivity contribution in [1.29, 1.82) is 10.5 Å². The fraction of sp³-hybridized carbons (Fsp3) is 0.231. The summed E-state index contributed by atoms with van der Waals surface area (Å²) < 4.78 is 0. The molecular formula is C13H10N4. The van der Waals surface area contributed by atoms with Gasteiger partial charge in [0.2, 0.25) is 5.71 Å². The lowest BCUT2D eigenvalue weighted by Gasteiger charge is -2.02. The quantitative estimate of drug-likeness (QED) is 0.718. The molecule has 0 radical (unpaired) electrons. The molecule has 4 heteroatoms. The third-order valence-corrected chi connectivity index (χ3v) is 2.68. The number of fused-ring (bicyclic) bond motifs is 1. The van der Waals surface area contributed by atoms with Crippen molar-refractivity contribution in [3.63, 3.8) is 0 Å². The summed E-state index contributed by atoms with van der Waals surface area (Å²) in [4.78, 5) is 8.28. The van der Waals surface area contributed by atoms with Gasteiger partial charge in [-0.2, -0.15) is 10.5 Å². The molecular weight excluding hydrogens is 212 g/mol. The van der Waals surface area contributed by atoms with E-state index in [2.05, 4.69) is 9.98 Å². The van der Waals surface area contributed by atoms with Gasteiger partial charge < -0.3 is 0 Å². The molecule has 4 nitrogen and oxygen atoms in total. The molecule has 0 unspecified atom stereocenters. The second-order valence-corrected chi connectivity index (χ2v) is 3.78. The number of nitriles is 2. The average Bonchev–Trinajstić information content (AvgIpc) is 2.72. The smallest absolute Gasteiger partial charge is 0.213 e. The number of hydrogen-bond donors (Lipinski definition) is 0. The van der Waals surface area contributed by atoms with Crippen LogP contribution in [-0.4, -0.2) is 11.4 Å². The zero-order valence-corrected chi connectivity index (χ0v) is 9.44. The number of rotatable bonds is 2. The van der Waals surface area contributed by atoms with Crippen molar-refractivity contribution in [2.24, 2.45) is 9.98 Å². The third-order valence-electron chi connectivity index (χ3n) is 2.68. The fourth-order valence-corrected chi connectivity index (χ4v) is 1.78. The molecule has 0 aromatic heterocycles. The Hall–Kier alpha value is -2.46. The SMILES string of the molecule is CC1=NCc2cc(CN=C(C#N)C#N)ccc21. The molecule has 2 rings (SSSR count). The summed E-state index contributed by atoms with van der Waals surface area (Å²) in [6.07, 6.45) is 0. The van der Waals surface area contributed by atoms with Crippen molar-refractivity contribution in [1.82, 2.24) is 0 Å². The Morgan fingerprint density at radius 1 is 1.41 bits per heavy atom. The first-order valence-corrected chi connectivity index (χ1v) is 5.22. The first-order valence-electron chi connectivity index (χ1n) is 5.22. The van der Waals surface area contributed by atoms with Crippen LogP contribution >= 0.6 is 0 Å². The molecule has 1 aromatic carbocycles. The van der Waals surface area contributed by atoms with Crippen LogP contribution < -0.4 is 0 Å². The van der Waals surface area contributed by atoms with E-state index in [-0.39, 0.29) is 5.71 Å². The maximum absolute atomic E-state index is 8.57. The second kappa shape index (κ2) is 4.59. The lowest BCUT2D eigenvalue weighted by Crippen LogP contribution is -1.95. The summed E-state index contributed by atoms with van der Waals surface area (Å²) in [5.41, 5.74) is 4.34. The van der Waals surface area contributed by atoms with E-state index in [0.717, 1.165) is 11.3 Å². The van der Waals surface area contributed by atoms with E-state index >= 15 is 0 Å². The highest BCUT2D eigenvalue weighted by molar-refractivity contribution is 6.10. The van der Waals surface area contributed by atoms with Crippen molar-refractivity contribution in [3.8, 4) is 12.1 Å². The largest absolute Gasteiger partial charge is 0.285 e. The van der Waals surface area contributed by atoms with Crippen molar-refractivity contribution in [3.05, 3.63) is 34.9 Å². The van der Waals surface area contributed by atoms with Crippen molar-refractivity contribution >= 4 is 11.4 Å². The maximum Gasteiger partial charge on any atom is 0.213 e. The highest BCUT2D eigenvalue weighted by Crippen LogP contribution is 2.20. The third kappa shape index (κ3) is 2.21. The van der Waals surface area contributed by atoms with Crippen LogP contribution in [0.1, 0.15) is 23.6 Å². The van der Waals surface area contributed by atoms with Gasteiger partial charge in [0.05, 0.1) is 13.1 Å². The first-order chi connectivity index (χ1) is 8.24. The lowest BCUT2D eigenvalue weighted by molar-refractivity contribution is 1.04. The van der Waals surface area contributed by atoms with Crippen LogP contribution in [0.25, 0.3) is 0 Å². The molecule has 0 bridgehead atoms. The summed E-state index contributed by atoms with van der Waals surface area (Å²) in [5.74, 6) is 0. The number of aliphatic imine (C=N–C) groups is 2. The Morgan fingerprint density at radius 2 is 2.18 bits per heavy atom. The zero-order chi connectivity index (χ0) is 12.3. The summed E-state index contributed by atoms with van der Waals surface area (Å²) >= 11 is 0. The fourth-order valence-electron chi connectivity index (χ4n) is 1.78. The van der Waals surface area contributed by atoms with Gasteiger partial charge in [0.15, 0.2) is 0 Å². The molecule has 0 spiro atoms. The molecule has 1 aliphatic heterocycles. The molecule has 0 fully saturated rings. The Kier molecular flexibility index (Phi) is 2.98. The van der Waals surface area contributed by atoms with Crippen LogP contribution in [0.15, 0.2) is 28.2 Å². The normalized spacial score (nSPS) is 12.1. The molecule has 0 saturated carbocycles. The number of nitrogens with zero attached hydrogens (tertiary/aromatic N) is 4. The topological polar surface area (TPSA) is 72.3 Å². The van der Waals surface area contributed by atoms with Gasteiger partial charge in [-0.15, -0.1) is 0 Å². The van der Waals surface area contributed by atoms with E-state index in [1.54, 1.807) is 12.1 Å². The second-order valence-electron chi connectivity index (χ2n) is 3.78. The summed E-state index contributed by atoms with van der Waals surface area (Å²) in [5, 5.41) is 17.1. The summed E-state index contributed by atoms with van der Waals surface area (Å²) in [6, 6.07) is 9.50. The van der Waals surface area contributed by atoms with Crippen LogP contribution in [0.4, 0.5) is 0 Å². The summed E-state index contributed by atoms with van der Waals surface area (Å²) in [7, 11) is 0. The number of benzene rings is 1. The Labute approximate surface area is 99.6 Å². The van der Waals surface area contributed by atoms with E-state index in [1.807, 2.05) is 25.1 Å². The van der Waals surface area contributed by atoms with Crippen LogP contribution in [0.3, 0.4) is 0 Å². The first kappa shape index (κ1) is 11.0. The van der Waals surface area contributed by atoms with Crippen LogP contribution in [0.2, 0.25) is 0 Å². The van der Waals surface area contributed by atoms with Gasteiger partial charge in [0.1, 0.15) is 12.1 Å². The highest BCUT2D eigenvalue weighted by Gasteiger charge is 2.11. The lowest BCUT2D eigenvalue weighted by atomic mass is 10.0. The minimum Gasteiger partial charge on any atom is -0.285 e. The van der Waals surface area contributed by atoms with Crippen molar-refractivity contribution in [2.45, 2.75) is 20.0 Å². The van der Waals surface area contributed by atoms with E-state index in [4.69, 9.17) is 10.5 Å². The van der Waals surface area contributed by atoms with Gasteiger partial charge in [0.25, 0.3) is 0 Å². The molecule has 1 heterocycles. The predicted octanol–water partition coefficient (Wildman–Crippen LogP) is 2.00. The molecule has 0 saturated heterocycles. The molecule has 0 atom stereocenters. The predicted molar refractivity (Wildman–Crippen MR) is 64.7 cm³/mol. The van der Waals surface area contributed by atoms with Gasteiger partial charge in [-0.1, -0.05) is 18.2 Å². The monoisotopic (exact) mass is 222 g/mol. The Balaban J connectivity index is 2.20. The van der Waals surface area contributed by atoms with Gasteiger partial charge in [-0.25, -0.2) is 0 Å². The molecule has 0 aliphatic carbocycles. The van der Waals surface area contributed by atoms with E-state index in [9.17, 15) is 0 Å². The van der Waals surface area contributed by atoms with Crippen molar-refractivity contribution in [2.75, 3.05) is 0 Å². The molecule has 17 heavy (non-hydrogen) atoms. The van der Waals surface area contributed by atoms with E-state index in [0.29, 0.717) is 13.1 Å². The van der Waals surface area contributed by atoms with Crippen LogP contribution in [-0.2, 0) is 13.1 Å². The zero-order valence-electron chi connectivity index (χ0n) is 9.44. The highest BCUT2D eigenvalue weighted by atomic mass is 14.8. The summed E-state index contributed by atoms with van der Waals surface area (Å²) in [6.45, 7) is 3.07. The van der Waals surface area contributed by atoms with Gasteiger partial charge in [-0.3, -0.25) is 9.98 Å². The minimum absolute atomic E-state index is 0.0853. The molecule has 82 valence electrons. The minimum atomic E-state index is -0.0853. The van der Waals surface area contributed by atoms with E-state index < -0.39 is 0 Å². The molecule has 1 aliphatic rings. The molecule has 0 amide bonds. The van der Waals surface area contributed by atoms with Crippen LogP contribution in [0, 0.1) is 22.7 Å². The molecule has 0 N–H and O–H groups in total. The Bertz CT molecular complexity index is 581. The van der Waals surface area contributed by atoms with Gasteiger partial charge in [-0.05, 0) is 18.1 Å². The Morgan fingerprint density at radius 3 is 2.88 bits per heavy atom.